The minimum atomic E-state index is -0.595. The van der Waals surface area contributed by atoms with Crippen LogP contribution < -0.4 is 0 Å². The van der Waals surface area contributed by atoms with E-state index >= 15 is 0 Å². The molecule has 1 fully saturated rings. The predicted molar refractivity (Wildman–Crippen MR) is 64.5 cm³/mol. The second-order valence-electron chi connectivity index (χ2n) is 5.70. The van der Waals surface area contributed by atoms with E-state index in [2.05, 4.69) is 0 Å². The molecule has 1 aliphatic heterocycles. The molecule has 0 aromatic heterocycles. The van der Waals surface area contributed by atoms with Crippen molar-refractivity contribution in [2.24, 2.45) is 0 Å². The van der Waals surface area contributed by atoms with Crippen molar-refractivity contribution in [2.75, 3.05) is 0 Å². The molecule has 0 bridgehead atoms. The van der Waals surface area contributed by atoms with Gasteiger partial charge in [-0.25, -0.2) is 4.79 Å². The van der Waals surface area contributed by atoms with Gasteiger partial charge < -0.3 is 14.2 Å². The summed E-state index contributed by atoms with van der Waals surface area (Å²) in [5, 5.41) is 0. The minimum absolute atomic E-state index is 0.0660. The molecule has 0 amide bonds. The molecule has 0 aromatic rings. The van der Waals surface area contributed by atoms with Gasteiger partial charge in [-0.2, -0.15) is 0 Å². The van der Waals surface area contributed by atoms with Crippen LogP contribution in [0.5, 0.6) is 0 Å². The Morgan fingerprint density at radius 2 is 1.88 bits per heavy atom. The Balaban J connectivity index is 2.52. The molecule has 17 heavy (non-hydrogen) atoms. The van der Waals surface area contributed by atoms with Gasteiger partial charge in [0.1, 0.15) is 11.7 Å². The largest absolute Gasteiger partial charge is 0.457 e. The lowest BCUT2D eigenvalue weighted by Gasteiger charge is -2.18. The summed E-state index contributed by atoms with van der Waals surface area (Å²) in [6.07, 6.45) is 2.81. The highest BCUT2D eigenvalue weighted by atomic mass is 16.7. The fraction of sp³-hybridized carbons (Fsp3) is 0.769. The monoisotopic (exact) mass is 242 g/mol. The number of esters is 1. The van der Waals surface area contributed by atoms with Crippen LogP contribution in [0.25, 0.3) is 0 Å². The van der Waals surface area contributed by atoms with Crippen LogP contribution in [-0.4, -0.2) is 29.6 Å². The van der Waals surface area contributed by atoms with Crippen LogP contribution >= 0.6 is 0 Å². The third kappa shape index (κ3) is 4.88. The maximum Gasteiger partial charge on any atom is 0.331 e. The van der Waals surface area contributed by atoms with E-state index < -0.39 is 11.4 Å². The zero-order valence-corrected chi connectivity index (χ0v) is 11.4. The predicted octanol–water partition coefficient (Wildman–Crippen LogP) is 2.42. The third-order valence-electron chi connectivity index (χ3n) is 2.18. The SMILES string of the molecule is C[C@@H]1OC(C)(C)O[C@@H]1/C=C/C(=O)OC(C)(C)C. The highest BCUT2D eigenvalue weighted by molar-refractivity contribution is 5.82. The average molecular weight is 242 g/mol. The maximum absolute atomic E-state index is 11.5. The summed E-state index contributed by atoms with van der Waals surface area (Å²) in [6.45, 7) is 11.1. The molecule has 0 N–H and O–H groups in total. The zero-order chi connectivity index (χ0) is 13.3. The molecule has 98 valence electrons. The van der Waals surface area contributed by atoms with Gasteiger partial charge in [0.05, 0.1) is 6.10 Å². The van der Waals surface area contributed by atoms with E-state index in [4.69, 9.17) is 14.2 Å². The molecule has 0 saturated carbocycles. The molecular formula is C13H22O4. The summed E-state index contributed by atoms with van der Waals surface area (Å²) in [6, 6.07) is 0. The number of carbonyl (C=O) groups excluding carboxylic acids is 1. The quantitative estimate of drug-likeness (QED) is 0.551. The third-order valence-corrected chi connectivity index (χ3v) is 2.18. The van der Waals surface area contributed by atoms with Crippen molar-refractivity contribution in [3.05, 3.63) is 12.2 Å². The highest BCUT2D eigenvalue weighted by Crippen LogP contribution is 2.28. The van der Waals surface area contributed by atoms with Gasteiger partial charge >= 0.3 is 5.97 Å². The van der Waals surface area contributed by atoms with Crippen molar-refractivity contribution in [2.45, 2.75) is 65.1 Å². The lowest BCUT2D eigenvalue weighted by Crippen LogP contribution is -2.23. The first-order valence-corrected chi connectivity index (χ1v) is 5.86. The molecule has 0 aliphatic carbocycles. The Bertz CT molecular complexity index is 312. The molecular weight excluding hydrogens is 220 g/mol. The first-order chi connectivity index (χ1) is 7.59. The van der Waals surface area contributed by atoms with Crippen molar-refractivity contribution in [1.29, 1.82) is 0 Å². The van der Waals surface area contributed by atoms with Crippen LogP contribution in [-0.2, 0) is 19.0 Å². The van der Waals surface area contributed by atoms with Crippen molar-refractivity contribution >= 4 is 5.97 Å². The topological polar surface area (TPSA) is 44.8 Å². The first kappa shape index (κ1) is 14.2. The van der Waals surface area contributed by atoms with E-state index in [1.54, 1.807) is 6.08 Å². The molecule has 1 saturated heterocycles. The molecule has 2 atom stereocenters. The van der Waals surface area contributed by atoms with Crippen LogP contribution in [0.3, 0.4) is 0 Å². The first-order valence-electron chi connectivity index (χ1n) is 5.86. The molecule has 4 heteroatoms. The Kier molecular flexibility index (Phi) is 3.99. The van der Waals surface area contributed by atoms with Crippen LogP contribution in [0.4, 0.5) is 0 Å². The molecule has 1 rings (SSSR count). The van der Waals surface area contributed by atoms with Gasteiger partial charge in [0.2, 0.25) is 0 Å². The van der Waals surface area contributed by atoms with Crippen molar-refractivity contribution in [3.8, 4) is 0 Å². The summed E-state index contributed by atoms with van der Waals surface area (Å²) in [7, 11) is 0. The van der Waals surface area contributed by atoms with E-state index in [1.807, 2.05) is 41.5 Å². The number of carbonyl (C=O) groups is 1. The van der Waals surface area contributed by atoms with E-state index in [1.165, 1.54) is 6.08 Å². The fourth-order valence-electron chi connectivity index (χ4n) is 1.67. The van der Waals surface area contributed by atoms with Gasteiger partial charge in [0, 0.05) is 6.08 Å². The van der Waals surface area contributed by atoms with Gasteiger partial charge in [-0.05, 0) is 47.6 Å². The molecule has 0 radical (unpaired) electrons. The summed E-state index contributed by atoms with van der Waals surface area (Å²) >= 11 is 0. The normalized spacial score (nSPS) is 28.6. The number of hydrogen-bond donors (Lipinski definition) is 0. The molecule has 1 heterocycles. The molecule has 0 unspecified atom stereocenters. The molecule has 1 aliphatic rings. The standard InChI is InChI=1S/C13H22O4/c1-9-10(16-13(5,6)15-9)7-8-11(14)17-12(2,3)4/h7-10H,1-6H3/b8-7+/t9-,10+/m0/s1. The van der Waals surface area contributed by atoms with Gasteiger partial charge in [0.25, 0.3) is 0 Å². The lowest BCUT2D eigenvalue weighted by atomic mass is 10.2. The minimum Gasteiger partial charge on any atom is -0.457 e. The van der Waals surface area contributed by atoms with Crippen molar-refractivity contribution in [3.63, 3.8) is 0 Å². The van der Waals surface area contributed by atoms with E-state index in [0.717, 1.165) is 0 Å². The highest BCUT2D eigenvalue weighted by Gasteiger charge is 2.37. The Morgan fingerprint density at radius 3 is 2.29 bits per heavy atom. The van der Waals surface area contributed by atoms with Crippen LogP contribution in [0, 0.1) is 0 Å². The van der Waals surface area contributed by atoms with Gasteiger partial charge in [-0.3, -0.25) is 0 Å². The van der Waals surface area contributed by atoms with Crippen LogP contribution in [0.1, 0.15) is 41.5 Å². The number of ether oxygens (including phenoxy) is 3. The Morgan fingerprint density at radius 1 is 1.29 bits per heavy atom. The lowest BCUT2D eigenvalue weighted by molar-refractivity contribution is -0.149. The van der Waals surface area contributed by atoms with Gasteiger partial charge in [-0.1, -0.05) is 0 Å². The number of rotatable bonds is 2. The average Bonchev–Trinajstić information content (AvgIpc) is 2.33. The fourth-order valence-corrected chi connectivity index (χ4v) is 1.67. The van der Waals surface area contributed by atoms with E-state index in [-0.39, 0.29) is 18.2 Å². The second-order valence-corrected chi connectivity index (χ2v) is 5.70. The molecule has 4 nitrogen and oxygen atoms in total. The summed E-state index contributed by atoms with van der Waals surface area (Å²) in [4.78, 5) is 11.5. The maximum atomic E-state index is 11.5. The summed E-state index contributed by atoms with van der Waals surface area (Å²) < 4.78 is 16.4. The van der Waals surface area contributed by atoms with Crippen molar-refractivity contribution in [1.82, 2.24) is 0 Å². The van der Waals surface area contributed by atoms with Crippen LogP contribution in [0.15, 0.2) is 12.2 Å². The Labute approximate surface area is 103 Å². The van der Waals surface area contributed by atoms with Gasteiger partial charge in [0.15, 0.2) is 5.79 Å². The van der Waals surface area contributed by atoms with Crippen LogP contribution in [0.2, 0.25) is 0 Å². The number of hydrogen-bond acceptors (Lipinski definition) is 4. The summed E-state index contributed by atoms with van der Waals surface area (Å²) in [5.41, 5.74) is -0.473. The van der Waals surface area contributed by atoms with E-state index in [0.29, 0.717) is 0 Å². The van der Waals surface area contributed by atoms with Gasteiger partial charge in [-0.15, -0.1) is 0 Å². The smallest absolute Gasteiger partial charge is 0.331 e. The Hall–Kier alpha value is -0.870. The summed E-state index contributed by atoms with van der Waals surface area (Å²) in [5.74, 6) is -0.958. The molecule has 0 aromatic carbocycles. The van der Waals surface area contributed by atoms with E-state index in [9.17, 15) is 4.79 Å². The molecule has 0 spiro atoms. The second kappa shape index (κ2) is 4.78. The van der Waals surface area contributed by atoms with Crippen molar-refractivity contribution < 1.29 is 19.0 Å². The zero-order valence-electron chi connectivity index (χ0n) is 11.4.